The van der Waals surface area contributed by atoms with Gasteiger partial charge in [-0.25, -0.2) is 4.98 Å². The van der Waals surface area contributed by atoms with Crippen LogP contribution in [0.3, 0.4) is 0 Å². The van der Waals surface area contributed by atoms with Crippen LogP contribution >= 0.6 is 11.3 Å². The van der Waals surface area contributed by atoms with Crippen molar-refractivity contribution in [3.8, 4) is 0 Å². The number of benzene rings is 1. The molecular formula is C23H33N3O4S. The van der Waals surface area contributed by atoms with Crippen LogP contribution in [0.25, 0.3) is 10.2 Å². The minimum Gasteiger partial charge on any atom is -0.455 e. The van der Waals surface area contributed by atoms with E-state index < -0.39 is 17.3 Å². The number of nitrogens with zero attached hydrogens (tertiary/aromatic N) is 2. The second-order valence-electron chi connectivity index (χ2n) is 8.86. The Morgan fingerprint density at radius 1 is 1.13 bits per heavy atom. The molecule has 0 aliphatic carbocycles. The Morgan fingerprint density at radius 2 is 1.77 bits per heavy atom. The van der Waals surface area contributed by atoms with Crippen LogP contribution in [0.5, 0.6) is 0 Å². The van der Waals surface area contributed by atoms with Crippen molar-refractivity contribution < 1.29 is 19.1 Å². The van der Waals surface area contributed by atoms with Gasteiger partial charge in [0, 0.05) is 19.0 Å². The molecular weight excluding hydrogens is 414 g/mol. The average molecular weight is 448 g/mol. The second-order valence-corrected chi connectivity index (χ2v) is 9.98. The van der Waals surface area contributed by atoms with Crippen LogP contribution in [-0.2, 0) is 25.5 Å². The number of hydrogen-bond donors (Lipinski definition) is 1. The predicted molar refractivity (Wildman–Crippen MR) is 123 cm³/mol. The zero-order valence-corrected chi connectivity index (χ0v) is 20.1. The van der Waals surface area contributed by atoms with E-state index in [1.165, 1.54) is 11.9 Å². The van der Waals surface area contributed by atoms with Crippen molar-refractivity contribution in [3.63, 3.8) is 0 Å². The molecule has 0 atom stereocenters. The first-order chi connectivity index (χ1) is 14.5. The van der Waals surface area contributed by atoms with E-state index in [2.05, 4.69) is 10.3 Å². The summed E-state index contributed by atoms with van der Waals surface area (Å²) >= 11 is 1.57. The van der Waals surface area contributed by atoms with Crippen LogP contribution in [0.2, 0.25) is 0 Å². The van der Waals surface area contributed by atoms with E-state index in [0.29, 0.717) is 19.3 Å². The third-order valence-electron chi connectivity index (χ3n) is 5.26. The number of ether oxygens (including phenoxy) is 1. The largest absolute Gasteiger partial charge is 0.455 e. The Labute approximate surface area is 188 Å². The lowest BCUT2D eigenvalue weighted by molar-refractivity contribution is -0.161. The van der Waals surface area contributed by atoms with E-state index in [-0.39, 0.29) is 24.6 Å². The van der Waals surface area contributed by atoms with Gasteiger partial charge < -0.3 is 15.0 Å². The van der Waals surface area contributed by atoms with Gasteiger partial charge in [-0.3, -0.25) is 14.4 Å². The average Bonchev–Trinajstić information content (AvgIpc) is 3.10. The number of para-hydroxylation sites is 1. The molecule has 0 aliphatic rings. The van der Waals surface area contributed by atoms with E-state index in [0.717, 1.165) is 15.2 Å². The fourth-order valence-corrected chi connectivity index (χ4v) is 4.41. The van der Waals surface area contributed by atoms with Gasteiger partial charge in [0.2, 0.25) is 5.91 Å². The number of carbonyl (C=O) groups is 3. The standard InChI is InChI=1S/C23H33N3O4S/c1-7-23(8-2,13-19-24-16-11-9-10-12-17(16)31-19)21(29)30-15-20(28)26(6)14-18(27)25-22(3,4)5/h9-12H,7-8,13-15H2,1-6H3,(H,25,27). The fourth-order valence-electron chi connectivity index (χ4n) is 3.30. The summed E-state index contributed by atoms with van der Waals surface area (Å²) in [6, 6.07) is 7.88. The van der Waals surface area contributed by atoms with Crippen LogP contribution in [0.4, 0.5) is 0 Å². The Morgan fingerprint density at radius 3 is 2.35 bits per heavy atom. The molecule has 0 aliphatic heterocycles. The van der Waals surface area contributed by atoms with Crippen molar-refractivity contribution in [2.24, 2.45) is 5.41 Å². The smallest absolute Gasteiger partial charge is 0.312 e. The topological polar surface area (TPSA) is 88.6 Å². The summed E-state index contributed by atoms with van der Waals surface area (Å²) in [6.45, 7) is 9.02. The number of amides is 2. The summed E-state index contributed by atoms with van der Waals surface area (Å²) in [6.07, 6.45) is 1.63. The number of aromatic nitrogens is 1. The minimum atomic E-state index is -0.740. The molecule has 0 unspecified atom stereocenters. The van der Waals surface area contributed by atoms with Gasteiger partial charge in [0.05, 0.1) is 27.2 Å². The van der Waals surface area contributed by atoms with E-state index in [1.807, 2.05) is 58.9 Å². The zero-order chi connectivity index (χ0) is 23.2. The molecule has 0 radical (unpaired) electrons. The second kappa shape index (κ2) is 10.2. The van der Waals surface area contributed by atoms with Gasteiger partial charge in [0.1, 0.15) is 0 Å². The van der Waals surface area contributed by atoms with Crippen LogP contribution in [0, 0.1) is 5.41 Å². The number of esters is 1. The first-order valence-electron chi connectivity index (χ1n) is 10.6. The van der Waals surface area contributed by atoms with Gasteiger partial charge >= 0.3 is 5.97 Å². The van der Waals surface area contributed by atoms with Crippen LogP contribution in [0.15, 0.2) is 24.3 Å². The van der Waals surface area contributed by atoms with Gasteiger partial charge in [0.25, 0.3) is 5.91 Å². The molecule has 1 heterocycles. The lowest BCUT2D eigenvalue weighted by Gasteiger charge is -2.28. The normalized spacial score (nSPS) is 11.9. The summed E-state index contributed by atoms with van der Waals surface area (Å²) in [5, 5.41) is 3.68. The third kappa shape index (κ3) is 6.75. The van der Waals surface area contributed by atoms with Gasteiger partial charge in [-0.2, -0.15) is 0 Å². The molecule has 1 aromatic heterocycles. The van der Waals surface area contributed by atoms with Gasteiger partial charge in [0.15, 0.2) is 6.61 Å². The van der Waals surface area contributed by atoms with E-state index in [1.54, 1.807) is 11.3 Å². The third-order valence-corrected chi connectivity index (χ3v) is 6.30. The number of nitrogens with one attached hydrogen (secondary N) is 1. The Balaban J connectivity index is 1.99. The fraction of sp³-hybridized carbons (Fsp3) is 0.565. The Bertz CT molecular complexity index is 895. The van der Waals surface area contributed by atoms with Crippen LogP contribution in [-0.4, -0.2) is 53.4 Å². The molecule has 0 fully saturated rings. The summed E-state index contributed by atoms with van der Waals surface area (Å²) in [5.74, 6) is -1.09. The monoisotopic (exact) mass is 447 g/mol. The Hall–Kier alpha value is -2.48. The highest BCUT2D eigenvalue weighted by atomic mass is 32.1. The quantitative estimate of drug-likeness (QED) is 0.594. The number of hydrogen-bond acceptors (Lipinski definition) is 6. The van der Waals surface area contributed by atoms with Crippen LogP contribution in [0.1, 0.15) is 52.5 Å². The molecule has 2 aromatic rings. The van der Waals surface area contributed by atoms with Crippen LogP contribution < -0.4 is 5.32 Å². The van der Waals surface area contributed by atoms with Crippen molar-refractivity contribution >= 4 is 39.3 Å². The SMILES string of the molecule is CCC(CC)(Cc1nc2ccccc2s1)C(=O)OCC(=O)N(C)CC(=O)NC(C)(C)C. The lowest BCUT2D eigenvalue weighted by Crippen LogP contribution is -2.47. The number of likely N-dealkylation sites (N-methyl/N-ethyl adjacent to an activating group) is 1. The highest BCUT2D eigenvalue weighted by Gasteiger charge is 2.38. The number of fused-ring (bicyclic) bond motifs is 1. The van der Waals surface area contributed by atoms with E-state index in [9.17, 15) is 14.4 Å². The predicted octanol–water partition coefficient (Wildman–Crippen LogP) is 3.56. The minimum absolute atomic E-state index is 0.0912. The summed E-state index contributed by atoms with van der Waals surface area (Å²) < 4.78 is 6.50. The summed E-state index contributed by atoms with van der Waals surface area (Å²) in [7, 11) is 1.52. The molecule has 2 amide bonds. The number of rotatable bonds is 9. The van der Waals surface area contributed by atoms with Crippen molar-refractivity contribution in [1.29, 1.82) is 0 Å². The maximum absolute atomic E-state index is 13.0. The highest BCUT2D eigenvalue weighted by Crippen LogP contribution is 2.35. The van der Waals surface area contributed by atoms with Crippen molar-refractivity contribution in [2.75, 3.05) is 20.2 Å². The zero-order valence-electron chi connectivity index (χ0n) is 19.3. The Kier molecular flexibility index (Phi) is 8.17. The van der Waals surface area contributed by atoms with E-state index >= 15 is 0 Å². The van der Waals surface area contributed by atoms with Gasteiger partial charge in [-0.1, -0.05) is 26.0 Å². The number of thiazole rings is 1. The summed E-state index contributed by atoms with van der Waals surface area (Å²) in [5.41, 5.74) is -0.200. The molecule has 1 aromatic carbocycles. The first-order valence-corrected chi connectivity index (χ1v) is 11.4. The molecule has 31 heavy (non-hydrogen) atoms. The molecule has 8 heteroatoms. The summed E-state index contributed by atoms with van der Waals surface area (Å²) in [4.78, 5) is 43.3. The van der Waals surface area contributed by atoms with Crippen molar-refractivity contribution in [3.05, 3.63) is 29.3 Å². The van der Waals surface area contributed by atoms with Crippen molar-refractivity contribution in [2.45, 2.75) is 59.4 Å². The lowest BCUT2D eigenvalue weighted by atomic mass is 9.79. The maximum atomic E-state index is 13.0. The number of carbonyl (C=O) groups excluding carboxylic acids is 3. The molecule has 170 valence electrons. The molecule has 1 N–H and O–H groups in total. The molecule has 2 rings (SSSR count). The maximum Gasteiger partial charge on any atom is 0.312 e. The molecule has 7 nitrogen and oxygen atoms in total. The molecule has 0 spiro atoms. The molecule has 0 saturated carbocycles. The first kappa shape index (κ1) is 24.8. The molecule has 0 saturated heterocycles. The van der Waals surface area contributed by atoms with E-state index in [4.69, 9.17) is 4.74 Å². The van der Waals surface area contributed by atoms with Gasteiger partial charge in [-0.15, -0.1) is 11.3 Å². The van der Waals surface area contributed by atoms with Crippen molar-refractivity contribution in [1.82, 2.24) is 15.2 Å². The molecule has 0 bridgehead atoms. The highest BCUT2D eigenvalue weighted by molar-refractivity contribution is 7.18. The van der Waals surface area contributed by atoms with Gasteiger partial charge in [-0.05, 0) is 45.7 Å².